The highest BCUT2D eigenvalue weighted by Crippen LogP contribution is 2.35. The van der Waals surface area contributed by atoms with Gasteiger partial charge in [0, 0.05) is 12.0 Å². The number of anilines is 1. The Balaban J connectivity index is 1.57. The van der Waals surface area contributed by atoms with Crippen LogP contribution in [0.15, 0.2) is 60.8 Å². The van der Waals surface area contributed by atoms with Crippen molar-refractivity contribution in [3.05, 3.63) is 66.4 Å². The number of amides is 1. The van der Waals surface area contributed by atoms with Gasteiger partial charge in [0.05, 0.1) is 11.9 Å². The monoisotopic (exact) mass is 491 g/mol. The average molecular weight is 492 g/mol. The number of hydrogen-bond acceptors (Lipinski definition) is 5. The van der Waals surface area contributed by atoms with Gasteiger partial charge in [-0.15, -0.1) is 5.10 Å². The van der Waals surface area contributed by atoms with Gasteiger partial charge in [-0.2, -0.15) is 0 Å². The van der Waals surface area contributed by atoms with Gasteiger partial charge in [-0.05, 0) is 75.3 Å². The number of rotatable bonds is 8. The third-order valence-corrected chi connectivity index (χ3v) is 6.56. The van der Waals surface area contributed by atoms with Gasteiger partial charge in [-0.1, -0.05) is 37.3 Å². The van der Waals surface area contributed by atoms with Crippen molar-refractivity contribution in [2.45, 2.75) is 59.1 Å². The average Bonchev–Trinajstić information content (AvgIpc) is 3.26. The molecule has 2 aromatic carbocycles. The number of nitrogens with zero attached hydrogens (tertiary/aromatic N) is 3. The molecule has 1 aromatic heterocycles. The first-order valence-corrected chi connectivity index (χ1v) is 12.4. The maximum atomic E-state index is 13.5. The Morgan fingerprint density at radius 2 is 1.72 bits per heavy atom. The van der Waals surface area contributed by atoms with Crippen LogP contribution >= 0.6 is 0 Å². The Hall–Kier alpha value is -3.81. The van der Waals surface area contributed by atoms with Crippen LogP contribution in [-0.4, -0.2) is 33.0 Å². The van der Waals surface area contributed by atoms with Gasteiger partial charge in [0.25, 0.3) is 0 Å². The van der Waals surface area contributed by atoms with Crippen LogP contribution in [0, 0.1) is 11.8 Å². The highest BCUT2D eigenvalue weighted by atomic mass is 16.7. The summed E-state index contributed by atoms with van der Waals surface area (Å²) in [6, 6.07) is 17.0. The summed E-state index contributed by atoms with van der Waals surface area (Å²) in [5.41, 5.74) is 1.69. The number of ether oxygens (including phenoxy) is 2. The van der Waals surface area contributed by atoms with Crippen LogP contribution in [-0.2, 0) is 11.4 Å². The van der Waals surface area contributed by atoms with Crippen molar-refractivity contribution in [2.75, 3.05) is 4.90 Å². The molecule has 0 spiro atoms. The molecule has 1 aliphatic carbocycles. The van der Waals surface area contributed by atoms with Crippen LogP contribution in [0.2, 0.25) is 0 Å². The van der Waals surface area contributed by atoms with Crippen molar-refractivity contribution in [3.8, 4) is 17.2 Å². The summed E-state index contributed by atoms with van der Waals surface area (Å²) in [6.45, 7) is 6.42. The summed E-state index contributed by atoms with van der Waals surface area (Å²) >= 11 is 0. The van der Waals surface area contributed by atoms with Crippen molar-refractivity contribution in [1.29, 1.82) is 0 Å². The van der Waals surface area contributed by atoms with Gasteiger partial charge in [-0.3, -0.25) is 9.69 Å². The molecule has 0 aliphatic heterocycles. The first-order chi connectivity index (χ1) is 17.3. The van der Waals surface area contributed by atoms with Gasteiger partial charge < -0.3 is 14.6 Å². The largest absolute Gasteiger partial charge is 0.511 e. The first-order valence-electron chi connectivity index (χ1n) is 12.4. The molecule has 0 saturated heterocycles. The van der Waals surface area contributed by atoms with Crippen molar-refractivity contribution in [1.82, 2.24) is 9.78 Å². The second kappa shape index (κ2) is 11.3. The van der Waals surface area contributed by atoms with Gasteiger partial charge >= 0.3 is 6.16 Å². The Kier molecular flexibility index (Phi) is 7.93. The summed E-state index contributed by atoms with van der Waals surface area (Å²) in [6.07, 6.45) is 3.72. The van der Waals surface area contributed by atoms with Crippen LogP contribution < -0.4 is 14.4 Å². The molecule has 1 amide bonds. The minimum absolute atomic E-state index is 0.0326. The first kappa shape index (κ1) is 25.3. The van der Waals surface area contributed by atoms with E-state index in [2.05, 4.69) is 12.0 Å². The highest BCUT2D eigenvalue weighted by Gasteiger charge is 2.34. The minimum atomic E-state index is -1.45. The number of para-hydroxylation sites is 1. The fourth-order valence-corrected chi connectivity index (χ4v) is 4.55. The molecule has 1 saturated carbocycles. The minimum Gasteiger partial charge on any atom is -0.489 e. The van der Waals surface area contributed by atoms with E-state index in [4.69, 9.17) is 9.47 Å². The van der Waals surface area contributed by atoms with Crippen molar-refractivity contribution >= 4 is 17.9 Å². The van der Waals surface area contributed by atoms with Crippen LogP contribution in [0.25, 0.3) is 5.69 Å². The molecule has 0 unspecified atom stereocenters. The molecule has 0 atom stereocenters. The molecule has 3 aromatic rings. The Labute approximate surface area is 211 Å². The molecule has 1 N–H and O–H groups in total. The van der Waals surface area contributed by atoms with Crippen LogP contribution in [0.5, 0.6) is 11.5 Å². The topological polar surface area (TPSA) is 93.9 Å². The summed E-state index contributed by atoms with van der Waals surface area (Å²) < 4.78 is 12.4. The van der Waals surface area contributed by atoms with Crippen molar-refractivity contribution in [2.24, 2.45) is 11.8 Å². The summed E-state index contributed by atoms with van der Waals surface area (Å²) in [5.74, 6) is 1.52. The number of carbonyl (C=O) groups is 2. The third kappa shape index (κ3) is 6.05. The predicted octanol–water partition coefficient (Wildman–Crippen LogP) is 6.08. The van der Waals surface area contributed by atoms with E-state index >= 15 is 0 Å². The molecule has 1 fully saturated rings. The molecule has 190 valence electrons. The van der Waals surface area contributed by atoms with Crippen LogP contribution in [0.4, 0.5) is 10.6 Å². The zero-order chi connectivity index (χ0) is 25.7. The van der Waals surface area contributed by atoms with Gasteiger partial charge in [-0.25, -0.2) is 9.48 Å². The lowest BCUT2D eigenvalue weighted by atomic mass is 9.82. The summed E-state index contributed by atoms with van der Waals surface area (Å²) in [7, 11) is 0. The Morgan fingerprint density at radius 3 is 2.33 bits per heavy atom. The quantitative estimate of drug-likeness (QED) is 0.384. The lowest BCUT2D eigenvalue weighted by Crippen LogP contribution is -2.42. The molecule has 4 rings (SSSR count). The third-order valence-electron chi connectivity index (χ3n) is 6.56. The highest BCUT2D eigenvalue weighted by molar-refractivity contribution is 5.96. The van der Waals surface area contributed by atoms with Crippen molar-refractivity contribution in [3.63, 3.8) is 0 Å². The van der Waals surface area contributed by atoms with E-state index in [1.165, 1.54) is 6.20 Å². The molecular formula is C28H33N3O5. The molecular weight excluding hydrogens is 458 g/mol. The SMILES string of the molecule is CC(C)N(c1nn(-c2ccc(COc3ccccc3)cc2)cc1OC(=O)O)C(=O)[C@H]1CC[C@H](C)CC1. The molecule has 8 heteroatoms. The molecule has 8 nitrogen and oxygen atoms in total. The zero-order valence-electron chi connectivity index (χ0n) is 21.0. The smallest absolute Gasteiger partial charge is 0.489 e. The lowest BCUT2D eigenvalue weighted by molar-refractivity contribution is -0.124. The van der Waals surface area contributed by atoms with E-state index in [0.717, 1.165) is 37.0 Å². The van der Waals surface area contributed by atoms with Gasteiger partial charge in [0.2, 0.25) is 11.7 Å². The molecule has 0 radical (unpaired) electrons. The second-order valence-corrected chi connectivity index (χ2v) is 9.66. The van der Waals surface area contributed by atoms with E-state index in [1.54, 1.807) is 9.58 Å². The van der Waals surface area contributed by atoms with Gasteiger partial charge in [0.1, 0.15) is 12.4 Å². The summed E-state index contributed by atoms with van der Waals surface area (Å²) in [4.78, 5) is 26.5. The number of aromatic nitrogens is 2. The van der Waals surface area contributed by atoms with Crippen LogP contribution in [0.3, 0.4) is 0 Å². The van der Waals surface area contributed by atoms with E-state index in [-0.39, 0.29) is 29.4 Å². The molecule has 1 aliphatic rings. The van der Waals surface area contributed by atoms with Crippen LogP contribution in [0.1, 0.15) is 52.0 Å². The zero-order valence-corrected chi connectivity index (χ0v) is 21.0. The number of hydrogen-bond donors (Lipinski definition) is 1. The maximum absolute atomic E-state index is 13.5. The second-order valence-electron chi connectivity index (χ2n) is 9.66. The van der Waals surface area contributed by atoms with E-state index in [9.17, 15) is 14.7 Å². The molecule has 1 heterocycles. The van der Waals surface area contributed by atoms with E-state index < -0.39 is 6.16 Å². The van der Waals surface area contributed by atoms with Crippen molar-refractivity contribution < 1.29 is 24.2 Å². The Bertz CT molecular complexity index is 1170. The van der Waals surface area contributed by atoms with Gasteiger partial charge in [0.15, 0.2) is 5.75 Å². The van der Waals surface area contributed by atoms with E-state index in [1.807, 2.05) is 68.4 Å². The Morgan fingerprint density at radius 1 is 1.06 bits per heavy atom. The standard InChI is InChI=1S/C28H33N3O5/c1-19(2)31(27(32)22-13-9-20(3)10-14-22)26-25(36-28(33)34)17-30(29-26)23-15-11-21(12-16-23)18-35-24-7-5-4-6-8-24/h4-8,11-12,15-17,19-20,22H,9-10,13-14,18H2,1-3H3,(H,33,34)/t20-,22-. The molecule has 36 heavy (non-hydrogen) atoms. The maximum Gasteiger partial charge on any atom is 0.511 e. The molecule has 0 bridgehead atoms. The number of benzene rings is 2. The lowest BCUT2D eigenvalue weighted by Gasteiger charge is -2.32. The fraction of sp³-hybridized carbons (Fsp3) is 0.393. The number of carboxylic acid groups (broad SMARTS) is 1. The van der Waals surface area contributed by atoms with E-state index in [0.29, 0.717) is 18.2 Å². The summed E-state index contributed by atoms with van der Waals surface area (Å²) in [5, 5.41) is 13.9. The fourth-order valence-electron chi connectivity index (χ4n) is 4.55. The normalized spacial score (nSPS) is 17.6. The predicted molar refractivity (Wildman–Crippen MR) is 137 cm³/mol. The number of carbonyl (C=O) groups excluding carboxylic acids is 1.